The summed E-state index contributed by atoms with van der Waals surface area (Å²) in [5, 5.41) is 0. The number of nitrogens with zero attached hydrogens (tertiary/aromatic N) is 2. The van der Waals surface area contributed by atoms with Gasteiger partial charge in [0.1, 0.15) is 0 Å². The summed E-state index contributed by atoms with van der Waals surface area (Å²) in [6.07, 6.45) is 0. The van der Waals surface area contributed by atoms with Gasteiger partial charge in [-0.25, -0.2) is 9.98 Å². The molecule has 0 amide bonds. The Labute approximate surface area is 273 Å². The van der Waals surface area contributed by atoms with Crippen LogP contribution in [0.5, 0.6) is 0 Å². The van der Waals surface area contributed by atoms with Crippen LogP contribution < -0.4 is 5.46 Å². The van der Waals surface area contributed by atoms with Crippen molar-refractivity contribution in [3.63, 3.8) is 0 Å². The fourth-order valence-corrected chi connectivity index (χ4v) is 5.36. The second kappa shape index (κ2) is 12.9. The van der Waals surface area contributed by atoms with Crippen LogP contribution in [-0.4, -0.2) is 29.9 Å². The van der Waals surface area contributed by atoms with Gasteiger partial charge in [0.2, 0.25) is 0 Å². The predicted molar refractivity (Wildman–Crippen MR) is 194 cm³/mol. The van der Waals surface area contributed by atoms with Crippen LogP contribution in [-0.2, 0) is 9.31 Å². The van der Waals surface area contributed by atoms with E-state index in [2.05, 4.69) is 131 Å². The Balaban J connectivity index is 1.30. The molecule has 0 unspecified atom stereocenters. The summed E-state index contributed by atoms with van der Waals surface area (Å²) in [4.78, 5) is 10.1. The third-order valence-corrected chi connectivity index (χ3v) is 8.94. The fraction of sp³-hybridized carbons (Fsp3) is 0.171. The van der Waals surface area contributed by atoms with E-state index in [4.69, 9.17) is 19.3 Å². The highest BCUT2D eigenvalue weighted by Crippen LogP contribution is 2.36. The largest absolute Gasteiger partial charge is 0.494 e. The Morgan fingerprint density at radius 2 is 0.935 bits per heavy atom. The van der Waals surface area contributed by atoms with Gasteiger partial charge in [0, 0.05) is 11.3 Å². The summed E-state index contributed by atoms with van der Waals surface area (Å²) in [6.45, 7) is 14.6. The van der Waals surface area contributed by atoms with Gasteiger partial charge in [0.15, 0.2) is 5.84 Å². The molecule has 5 heteroatoms. The number of benzene rings is 5. The number of hydrogen-bond donors (Lipinski definition) is 0. The zero-order chi connectivity index (χ0) is 32.3. The molecule has 228 valence electrons. The van der Waals surface area contributed by atoms with Gasteiger partial charge in [-0.3, -0.25) is 0 Å². The maximum absolute atomic E-state index is 6.24. The smallest absolute Gasteiger partial charge is 0.399 e. The third-order valence-electron chi connectivity index (χ3n) is 8.94. The van der Waals surface area contributed by atoms with Crippen molar-refractivity contribution in [2.75, 3.05) is 0 Å². The monoisotopic (exact) mass is 602 g/mol. The molecule has 6 rings (SSSR count). The molecule has 1 saturated heterocycles. The highest BCUT2D eigenvalue weighted by Gasteiger charge is 2.51. The van der Waals surface area contributed by atoms with Crippen molar-refractivity contribution in [2.24, 2.45) is 9.98 Å². The lowest BCUT2D eigenvalue weighted by Gasteiger charge is -2.32. The lowest BCUT2D eigenvalue weighted by molar-refractivity contribution is 0.00578. The van der Waals surface area contributed by atoms with Crippen molar-refractivity contribution in [3.8, 4) is 22.3 Å². The first-order valence-electron chi connectivity index (χ1n) is 15.7. The molecule has 1 aliphatic rings. The summed E-state index contributed by atoms with van der Waals surface area (Å²) in [5.74, 6) is 0.601. The lowest BCUT2D eigenvalue weighted by Crippen LogP contribution is -2.41. The van der Waals surface area contributed by atoms with Crippen LogP contribution in [0.3, 0.4) is 0 Å². The van der Waals surface area contributed by atoms with E-state index in [1.165, 1.54) is 11.1 Å². The van der Waals surface area contributed by atoms with Gasteiger partial charge < -0.3 is 9.31 Å². The molecule has 0 atom stereocenters. The van der Waals surface area contributed by atoms with E-state index in [1.807, 2.05) is 43.3 Å². The molecule has 0 aromatic heterocycles. The van der Waals surface area contributed by atoms with E-state index >= 15 is 0 Å². The van der Waals surface area contributed by atoms with Crippen LogP contribution in [0.4, 0.5) is 0 Å². The summed E-state index contributed by atoms with van der Waals surface area (Å²) < 4.78 is 12.5. The molecule has 0 radical (unpaired) electrons. The Bertz CT molecular complexity index is 1860. The van der Waals surface area contributed by atoms with E-state index in [1.54, 1.807) is 0 Å². The highest BCUT2D eigenvalue weighted by molar-refractivity contribution is 6.62. The van der Waals surface area contributed by atoms with Gasteiger partial charge in [-0.2, -0.15) is 0 Å². The Morgan fingerprint density at radius 1 is 0.522 bits per heavy atom. The van der Waals surface area contributed by atoms with Gasteiger partial charge in [0.25, 0.3) is 0 Å². The average Bonchev–Trinajstić information content (AvgIpc) is 3.31. The van der Waals surface area contributed by atoms with Crippen molar-refractivity contribution >= 4 is 29.8 Å². The van der Waals surface area contributed by atoms with Gasteiger partial charge in [-0.15, -0.1) is 0 Å². The predicted octanol–water partition coefficient (Wildman–Crippen LogP) is 9.25. The molecule has 1 aliphatic heterocycles. The zero-order valence-corrected chi connectivity index (χ0v) is 27.2. The minimum atomic E-state index is -0.421. The van der Waals surface area contributed by atoms with Crippen LogP contribution in [0.1, 0.15) is 51.3 Å². The van der Waals surface area contributed by atoms with Crippen LogP contribution in [0.15, 0.2) is 150 Å². The first-order chi connectivity index (χ1) is 22.1. The molecular formula is C41H39BN2O2. The minimum absolute atomic E-state index is 0.396. The lowest BCUT2D eigenvalue weighted by atomic mass is 9.79. The van der Waals surface area contributed by atoms with E-state index in [-0.39, 0.29) is 0 Å². The molecule has 0 spiro atoms. The van der Waals surface area contributed by atoms with Crippen molar-refractivity contribution in [3.05, 3.63) is 157 Å². The van der Waals surface area contributed by atoms with E-state index in [0.717, 1.165) is 39.0 Å². The molecule has 4 nitrogen and oxygen atoms in total. The zero-order valence-electron chi connectivity index (χ0n) is 27.2. The first kappa shape index (κ1) is 31.2. The number of hydrogen-bond acceptors (Lipinski definition) is 3. The van der Waals surface area contributed by atoms with E-state index in [9.17, 15) is 0 Å². The molecular weight excluding hydrogens is 563 g/mol. The number of aliphatic imine (C=N–C) groups is 2. The van der Waals surface area contributed by atoms with Gasteiger partial charge in [-0.05, 0) is 73.5 Å². The molecule has 46 heavy (non-hydrogen) atoms. The second-order valence-electron chi connectivity index (χ2n) is 12.7. The summed E-state index contributed by atoms with van der Waals surface area (Å²) >= 11 is 0. The molecule has 0 N–H and O–H groups in total. The molecule has 5 aromatic rings. The molecule has 0 aliphatic carbocycles. The van der Waals surface area contributed by atoms with Crippen molar-refractivity contribution in [1.82, 2.24) is 0 Å². The maximum Gasteiger partial charge on any atom is 0.494 e. The SMILES string of the molecule is C=C(N=C(N=C(C)c1ccc(-c2ccccc2)cc1)c1ccc(-c2ccccc2)cc1)c1ccc(B2OC(C)(C)C(C)(C)O2)cc1. The second-order valence-corrected chi connectivity index (χ2v) is 12.7. The van der Waals surface area contributed by atoms with E-state index in [0.29, 0.717) is 11.5 Å². The highest BCUT2D eigenvalue weighted by atomic mass is 16.7. The van der Waals surface area contributed by atoms with Crippen molar-refractivity contribution < 1.29 is 9.31 Å². The molecule has 0 bridgehead atoms. The quantitative estimate of drug-likeness (QED) is 0.106. The van der Waals surface area contributed by atoms with Crippen LogP contribution in [0.2, 0.25) is 0 Å². The third kappa shape index (κ3) is 6.72. The Morgan fingerprint density at radius 3 is 1.41 bits per heavy atom. The topological polar surface area (TPSA) is 43.2 Å². The van der Waals surface area contributed by atoms with Gasteiger partial charge in [0.05, 0.1) is 16.9 Å². The van der Waals surface area contributed by atoms with Crippen LogP contribution in [0, 0.1) is 0 Å². The normalized spacial score (nSPS) is 16.0. The molecule has 5 aromatic carbocycles. The van der Waals surface area contributed by atoms with Gasteiger partial charge >= 0.3 is 7.12 Å². The van der Waals surface area contributed by atoms with Crippen molar-refractivity contribution in [1.29, 1.82) is 0 Å². The average molecular weight is 603 g/mol. The van der Waals surface area contributed by atoms with Gasteiger partial charge in [-0.1, -0.05) is 140 Å². The van der Waals surface area contributed by atoms with Crippen LogP contribution >= 0.6 is 0 Å². The standard InChI is InChI=1S/C41H39BN2O2/c1-29(31-17-19-35(20-18-31)33-13-9-7-10-14-33)43-39(37-23-21-36(22-24-37)34-15-11-8-12-16-34)44-30(2)32-25-27-38(28-26-32)42-45-40(3,4)41(5,6)46-42/h7-28H,2H2,1,3-6H3. The number of rotatable bonds is 7. The van der Waals surface area contributed by atoms with E-state index < -0.39 is 18.3 Å². The number of amidine groups is 1. The Hall–Kier alpha value is -4.84. The molecule has 1 fully saturated rings. The van der Waals surface area contributed by atoms with Crippen molar-refractivity contribution in [2.45, 2.75) is 45.8 Å². The first-order valence-corrected chi connectivity index (χ1v) is 15.7. The minimum Gasteiger partial charge on any atom is -0.399 e. The summed E-state index contributed by atoms with van der Waals surface area (Å²) in [5.41, 5.74) is 9.16. The Kier molecular flexibility index (Phi) is 8.72. The van der Waals surface area contributed by atoms with Crippen LogP contribution in [0.25, 0.3) is 28.0 Å². The maximum atomic E-state index is 6.24. The summed E-state index contributed by atoms with van der Waals surface area (Å²) in [6, 6.07) is 45.7. The molecule has 1 heterocycles. The fourth-order valence-electron chi connectivity index (χ4n) is 5.36. The molecule has 0 saturated carbocycles. The summed E-state index contributed by atoms with van der Waals surface area (Å²) in [7, 11) is -0.421.